The van der Waals surface area contributed by atoms with Crippen LogP contribution in [0.2, 0.25) is 0 Å². The molecule has 1 rings (SSSR count). The van der Waals surface area contributed by atoms with E-state index in [-0.39, 0.29) is 24.8 Å². The first-order valence-electron chi connectivity index (χ1n) is 2.79. The van der Waals surface area contributed by atoms with Crippen LogP contribution in [0.3, 0.4) is 0 Å². The molecular formula is C6H8Cl2N4. The van der Waals surface area contributed by atoms with Gasteiger partial charge in [-0.3, -0.25) is 0 Å². The van der Waals surface area contributed by atoms with Crippen molar-refractivity contribution in [3.63, 3.8) is 0 Å². The minimum atomic E-state index is 0. The summed E-state index contributed by atoms with van der Waals surface area (Å²) in [6.45, 7) is 0.360. The van der Waals surface area contributed by atoms with Crippen molar-refractivity contribution in [2.75, 3.05) is 0 Å². The molecule has 6 heteroatoms. The van der Waals surface area contributed by atoms with Crippen molar-refractivity contribution in [3.05, 3.63) is 23.5 Å². The van der Waals surface area contributed by atoms with E-state index in [9.17, 15) is 0 Å². The number of rotatable bonds is 1. The third-order valence-electron chi connectivity index (χ3n) is 1.04. The number of nitriles is 1. The highest BCUT2D eigenvalue weighted by Crippen LogP contribution is 1.92. The van der Waals surface area contributed by atoms with E-state index < -0.39 is 0 Å². The lowest BCUT2D eigenvalue weighted by atomic mass is 10.3. The molecule has 0 saturated heterocycles. The first-order chi connectivity index (χ1) is 4.86. The Morgan fingerprint density at radius 3 is 2.33 bits per heavy atom. The van der Waals surface area contributed by atoms with Crippen molar-refractivity contribution < 1.29 is 0 Å². The maximum Gasteiger partial charge on any atom is 0.163 e. The van der Waals surface area contributed by atoms with E-state index in [0.717, 1.165) is 0 Å². The summed E-state index contributed by atoms with van der Waals surface area (Å²) in [4.78, 5) is 0. The fourth-order valence-corrected chi connectivity index (χ4v) is 0.528. The van der Waals surface area contributed by atoms with Crippen molar-refractivity contribution >= 4 is 24.8 Å². The molecule has 0 bridgehead atoms. The van der Waals surface area contributed by atoms with E-state index in [0.29, 0.717) is 17.9 Å². The van der Waals surface area contributed by atoms with Gasteiger partial charge in [0, 0.05) is 6.54 Å². The molecule has 0 aliphatic heterocycles. The number of aromatic nitrogens is 2. The zero-order chi connectivity index (χ0) is 7.40. The second-order valence-corrected chi connectivity index (χ2v) is 1.73. The Hall–Kier alpha value is -0.890. The molecule has 12 heavy (non-hydrogen) atoms. The van der Waals surface area contributed by atoms with Gasteiger partial charge in [-0.1, -0.05) is 0 Å². The van der Waals surface area contributed by atoms with Gasteiger partial charge in [-0.25, -0.2) is 0 Å². The number of nitrogens with two attached hydrogens (primary N) is 1. The summed E-state index contributed by atoms with van der Waals surface area (Å²) in [5.41, 5.74) is 6.27. The average molecular weight is 207 g/mol. The molecule has 0 spiro atoms. The minimum Gasteiger partial charge on any atom is -0.325 e. The molecule has 0 radical (unpaired) electrons. The van der Waals surface area contributed by atoms with Crippen LogP contribution in [0.5, 0.6) is 0 Å². The standard InChI is InChI=1S/C6H6N4.2ClH/c7-3-5-1-2-6(4-8)10-9-5;;/h1-2H,3,7H2;2*1H. The van der Waals surface area contributed by atoms with Gasteiger partial charge in [0.2, 0.25) is 0 Å². The van der Waals surface area contributed by atoms with Crippen LogP contribution in [0, 0.1) is 11.3 Å². The van der Waals surface area contributed by atoms with Gasteiger partial charge in [0.15, 0.2) is 5.69 Å². The van der Waals surface area contributed by atoms with Gasteiger partial charge in [-0.05, 0) is 12.1 Å². The maximum absolute atomic E-state index is 8.32. The third kappa shape index (κ3) is 3.49. The predicted molar refractivity (Wildman–Crippen MR) is 49.1 cm³/mol. The van der Waals surface area contributed by atoms with Crippen LogP contribution in [0.1, 0.15) is 11.4 Å². The number of hydrogen-bond acceptors (Lipinski definition) is 4. The van der Waals surface area contributed by atoms with Gasteiger partial charge < -0.3 is 5.73 Å². The predicted octanol–water partition coefficient (Wildman–Crippen LogP) is 0.651. The Balaban J connectivity index is 0. The highest BCUT2D eigenvalue weighted by atomic mass is 35.5. The van der Waals surface area contributed by atoms with Crippen molar-refractivity contribution in [2.24, 2.45) is 5.73 Å². The summed E-state index contributed by atoms with van der Waals surface area (Å²) >= 11 is 0. The Kier molecular flexibility index (Phi) is 7.75. The molecule has 2 N–H and O–H groups in total. The zero-order valence-electron chi connectivity index (χ0n) is 6.10. The Morgan fingerprint density at radius 2 is 2.00 bits per heavy atom. The third-order valence-corrected chi connectivity index (χ3v) is 1.04. The van der Waals surface area contributed by atoms with E-state index in [1.165, 1.54) is 0 Å². The smallest absolute Gasteiger partial charge is 0.163 e. The second-order valence-electron chi connectivity index (χ2n) is 1.73. The van der Waals surface area contributed by atoms with Gasteiger partial charge in [0.05, 0.1) is 5.69 Å². The lowest BCUT2D eigenvalue weighted by molar-refractivity contribution is 0.889. The van der Waals surface area contributed by atoms with Crippen LogP contribution in [-0.2, 0) is 6.54 Å². The summed E-state index contributed by atoms with van der Waals surface area (Å²) in [7, 11) is 0. The van der Waals surface area contributed by atoms with Gasteiger partial charge in [0.1, 0.15) is 6.07 Å². The number of halogens is 2. The largest absolute Gasteiger partial charge is 0.325 e. The van der Waals surface area contributed by atoms with Gasteiger partial charge >= 0.3 is 0 Å². The summed E-state index contributed by atoms with van der Waals surface area (Å²) in [6, 6.07) is 5.14. The molecule has 1 aromatic rings. The average Bonchev–Trinajstić information content (AvgIpc) is 2.05. The lowest BCUT2D eigenvalue weighted by Crippen LogP contribution is -2.01. The lowest BCUT2D eigenvalue weighted by Gasteiger charge is -1.90. The Labute approximate surface area is 82.6 Å². The highest BCUT2D eigenvalue weighted by molar-refractivity contribution is 5.85. The van der Waals surface area contributed by atoms with Crippen LogP contribution in [0.4, 0.5) is 0 Å². The molecule has 0 unspecified atom stereocenters. The molecule has 0 aliphatic carbocycles. The molecule has 1 aromatic heterocycles. The van der Waals surface area contributed by atoms with Crippen molar-refractivity contribution in [1.29, 1.82) is 5.26 Å². The molecule has 0 aromatic carbocycles. The molecule has 0 saturated carbocycles. The maximum atomic E-state index is 8.32. The van der Waals surface area contributed by atoms with Crippen LogP contribution in [-0.4, -0.2) is 10.2 Å². The second kappa shape index (κ2) is 6.80. The SMILES string of the molecule is Cl.Cl.N#Cc1ccc(CN)nn1. The fraction of sp³-hybridized carbons (Fsp3) is 0.167. The summed E-state index contributed by atoms with van der Waals surface area (Å²) in [6.07, 6.45) is 0. The van der Waals surface area contributed by atoms with Crippen molar-refractivity contribution in [2.45, 2.75) is 6.54 Å². The van der Waals surface area contributed by atoms with Crippen LogP contribution >= 0.6 is 24.8 Å². The molecule has 0 atom stereocenters. The molecular weight excluding hydrogens is 199 g/mol. The molecule has 4 nitrogen and oxygen atoms in total. The number of hydrogen-bond donors (Lipinski definition) is 1. The van der Waals surface area contributed by atoms with Gasteiger partial charge in [-0.15, -0.1) is 29.9 Å². The van der Waals surface area contributed by atoms with E-state index >= 15 is 0 Å². The van der Waals surface area contributed by atoms with Crippen LogP contribution in [0.15, 0.2) is 12.1 Å². The first-order valence-corrected chi connectivity index (χ1v) is 2.79. The summed E-state index contributed by atoms with van der Waals surface area (Å²) < 4.78 is 0. The Morgan fingerprint density at radius 1 is 1.33 bits per heavy atom. The van der Waals surface area contributed by atoms with E-state index in [4.69, 9.17) is 11.0 Å². The fourth-order valence-electron chi connectivity index (χ4n) is 0.528. The van der Waals surface area contributed by atoms with Gasteiger partial charge in [-0.2, -0.15) is 10.4 Å². The van der Waals surface area contributed by atoms with E-state index in [1.807, 2.05) is 6.07 Å². The quantitative estimate of drug-likeness (QED) is 0.733. The highest BCUT2D eigenvalue weighted by Gasteiger charge is 1.92. The van der Waals surface area contributed by atoms with E-state index in [1.54, 1.807) is 12.1 Å². The normalized spacial score (nSPS) is 7.33. The topological polar surface area (TPSA) is 75.6 Å². The summed E-state index contributed by atoms with van der Waals surface area (Å²) in [5, 5.41) is 15.6. The van der Waals surface area contributed by atoms with Crippen LogP contribution < -0.4 is 5.73 Å². The van der Waals surface area contributed by atoms with Gasteiger partial charge in [0.25, 0.3) is 0 Å². The monoisotopic (exact) mass is 206 g/mol. The van der Waals surface area contributed by atoms with Crippen LogP contribution in [0.25, 0.3) is 0 Å². The van der Waals surface area contributed by atoms with Crippen molar-refractivity contribution in [3.8, 4) is 6.07 Å². The zero-order valence-corrected chi connectivity index (χ0v) is 7.73. The molecule has 1 heterocycles. The van der Waals surface area contributed by atoms with Crippen molar-refractivity contribution in [1.82, 2.24) is 10.2 Å². The molecule has 66 valence electrons. The summed E-state index contributed by atoms with van der Waals surface area (Å²) in [5.74, 6) is 0. The molecule has 0 fully saturated rings. The minimum absolute atomic E-state index is 0. The first kappa shape index (κ1) is 13.7. The Bertz CT molecular complexity index is 253. The number of nitrogens with zero attached hydrogens (tertiary/aromatic N) is 3. The molecule has 0 amide bonds. The van der Waals surface area contributed by atoms with E-state index in [2.05, 4.69) is 10.2 Å². The molecule has 0 aliphatic rings.